The highest BCUT2D eigenvalue weighted by Crippen LogP contribution is 2.24. The average molecular weight is 308 g/mol. The number of alkyl halides is 3. The molecule has 4 nitrogen and oxygen atoms in total. The Kier molecular flexibility index (Phi) is 5.54. The highest BCUT2D eigenvalue weighted by Gasteiger charge is 2.30. The molecular formula is C13H16F4N2O2. The third kappa shape index (κ3) is 5.22. The highest BCUT2D eigenvalue weighted by molar-refractivity contribution is 5.83. The van der Waals surface area contributed by atoms with E-state index >= 15 is 0 Å². The van der Waals surface area contributed by atoms with Gasteiger partial charge in [-0.15, -0.1) is 0 Å². The van der Waals surface area contributed by atoms with Crippen molar-refractivity contribution in [2.45, 2.75) is 38.9 Å². The van der Waals surface area contributed by atoms with E-state index in [4.69, 9.17) is 5.21 Å². The van der Waals surface area contributed by atoms with Crippen LogP contribution in [0, 0.1) is 19.7 Å². The highest BCUT2D eigenvalue weighted by atomic mass is 19.4. The summed E-state index contributed by atoms with van der Waals surface area (Å²) in [5.74, 6) is -1.40. The van der Waals surface area contributed by atoms with Crippen LogP contribution in [0.2, 0.25) is 0 Å². The van der Waals surface area contributed by atoms with Crippen LogP contribution in [0.5, 0.6) is 0 Å². The van der Waals surface area contributed by atoms with Gasteiger partial charge in [0.15, 0.2) is 0 Å². The number of carbonyl (C=O) groups is 1. The smallest absolute Gasteiger partial charge is 0.374 e. The second-order valence-electron chi connectivity index (χ2n) is 4.75. The minimum atomic E-state index is -4.41. The standard InChI is InChI=1S/C13H16F4N2O2/c1-7-5-9(6-8(2)11(7)14)18-10(12(20)19-21)3-4-13(15,16)17/h5-6,10,18,21H,3-4H2,1-2H3,(H,19,20). The Morgan fingerprint density at radius 1 is 1.29 bits per heavy atom. The van der Waals surface area contributed by atoms with Crippen LogP contribution in [0.25, 0.3) is 0 Å². The molecule has 118 valence electrons. The van der Waals surface area contributed by atoms with Crippen LogP contribution in [0.1, 0.15) is 24.0 Å². The molecule has 21 heavy (non-hydrogen) atoms. The Morgan fingerprint density at radius 2 is 1.81 bits per heavy atom. The molecular weight excluding hydrogens is 292 g/mol. The number of rotatable bonds is 5. The van der Waals surface area contributed by atoms with Crippen LogP contribution in [0.3, 0.4) is 0 Å². The molecule has 0 spiro atoms. The molecule has 1 atom stereocenters. The Morgan fingerprint density at radius 3 is 2.24 bits per heavy atom. The number of aryl methyl sites for hydroxylation is 2. The predicted molar refractivity (Wildman–Crippen MR) is 68.5 cm³/mol. The summed E-state index contributed by atoms with van der Waals surface area (Å²) in [4.78, 5) is 11.4. The number of amides is 1. The van der Waals surface area contributed by atoms with E-state index in [-0.39, 0.29) is 0 Å². The fraction of sp³-hybridized carbons (Fsp3) is 0.462. The van der Waals surface area contributed by atoms with Crippen LogP contribution >= 0.6 is 0 Å². The number of hydrogen-bond acceptors (Lipinski definition) is 3. The Bertz CT molecular complexity index is 494. The van der Waals surface area contributed by atoms with E-state index in [9.17, 15) is 22.4 Å². The fourth-order valence-electron chi connectivity index (χ4n) is 1.89. The summed E-state index contributed by atoms with van der Waals surface area (Å²) in [7, 11) is 0. The summed E-state index contributed by atoms with van der Waals surface area (Å²) in [5, 5.41) is 11.2. The maximum absolute atomic E-state index is 13.5. The summed E-state index contributed by atoms with van der Waals surface area (Å²) in [6, 6.07) is 1.49. The molecule has 1 aromatic carbocycles. The van der Waals surface area contributed by atoms with Gasteiger partial charge in [-0.1, -0.05) is 0 Å². The Hall–Kier alpha value is -1.83. The molecule has 0 aliphatic carbocycles. The van der Waals surface area contributed by atoms with Crippen molar-refractivity contribution < 1.29 is 27.6 Å². The first kappa shape index (κ1) is 17.2. The zero-order chi connectivity index (χ0) is 16.2. The van der Waals surface area contributed by atoms with Crippen molar-refractivity contribution in [2.24, 2.45) is 0 Å². The van der Waals surface area contributed by atoms with Gasteiger partial charge in [0, 0.05) is 12.1 Å². The predicted octanol–water partition coefficient (Wildman–Crippen LogP) is 3.07. The number of hydroxylamine groups is 1. The van der Waals surface area contributed by atoms with E-state index in [1.165, 1.54) is 31.5 Å². The summed E-state index contributed by atoms with van der Waals surface area (Å²) in [5.41, 5.74) is 2.23. The summed E-state index contributed by atoms with van der Waals surface area (Å²) in [6.45, 7) is 3.01. The largest absolute Gasteiger partial charge is 0.389 e. The molecule has 1 aromatic rings. The molecule has 1 unspecified atom stereocenters. The number of carbonyl (C=O) groups excluding carboxylic acids is 1. The van der Waals surface area contributed by atoms with E-state index in [0.717, 1.165) is 0 Å². The topological polar surface area (TPSA) is 61.4 Å². The first-order valence-electron chi connectivity index (χ1n) is 6.18. The van der Waals surface area contributed by atoms with Gasteiger partial charge >= 0.3 is 6.18 Å². The quantitative estimate of drug-likeness (QED) is 0.445. The zero-order valence-corrected chi connectivity index (χ0v) is 11.5. The molecule has 0 radical (unpaired) electrons. The maximum atomic E-state index is 13.5. The number of benzene rings is 1. The van der Waals surface area contributed by atoms with Crippen molar-refractivity contribution in [1.82, 2.24) is 5.48 Å². The number of nitrogens with one attached hydrogen (secondary N) is 2. The SMILES string of the molecule is Cc1cc(NC(CCC(F)(F)F)C(=O)NO)cc(C)c1F. The van der Waals surface area contributed by atoms with Crippen molar-refractivity contribution in [3.63, 3.8) is 0 Å². The Balaban J connectivity index is 2.88. The van der Waals surface area contributed by atoms with Crippen LogP contribution < -0.4 is 10.8 Å². The van der Waals surface area contributed by atoms with Gasteiger partial charge in [-0.25, -0.2) is 9.87 Å². The number of anilines is 1. The second-order valence-corrected chi connectivity index (χ2v) is 4.75. The summed E-state index contributed by atoms with van der Waals surface area (Å²) in [6.07, 6.45) is -6.15. The third-order valence-electron chi connectivity index (χ3n) is 2.92. The van der Waals surface area contributed by atoms with Crippen molar-refractivity contribution >= 4 is 11.6 Å². The van der Waals surface area contributed by atoms with Gasteiger partial charge in [0.05, 0.1) is 0 Å². The minimum absolute atomic E-state index is 0.302. The molecule has 0 aliphatic heterocycles. The molecule has 0 aromatic heterocycles. The molecule has 0 fully saturated rings. The van der Waals surface area contributed by atoms with Crippen molar-refractivity contribution in [3.8, 4) is 0 Å². The van der Waals surface area contributed by atoms with Gasteiger partial charge < -0.3 is 5.32 Å². The minimum Gasteiger partial charge on any atom is -0.374 e. The van der Waals surface area contributed by atoms with Gasteiger partial charge in [0.2, 0.25) is 0 Å². The number of halogens is 4. The summed E-state index contributed by atoms with van der Waals surface area (Å²) < 4.78 is 50.2. The molecule has 1 rings (SSSR count). The molecule has 8 heteroatoms. The van der Waals surface area contributed by atoms with Gasteiger partial charge in [-0.3, -0.25) is 10.0 Å². The first-order valence-corrected chi connectivity index (χ1v) is 6.18. The van der Waals surface area contributed by atoms with Crippen molar-refractivity contribution in [1.29, 1.82) is 0 Å². The third-order valence-corrected chi connectivity index (χ3v) is 2.92. The van der Waals surface area contributed by atoms with Crippen molar-refractivity contribution in [2.75, 3.05) is 5.32 Å². The van der Waals surface area contributed by atoms with Crippen molar-refractivity contribution in [3.05, 3.63) is 29.1 Å². The van der Waals surface area contributed by atoms with E-state index < -0.39 is 36.8 Å². The summed E-state index contributed by atoms with van der Waals surface area (Å²) >= 11 is 0. The van der Waals surface area contributed by atoms with Gasteiger partial charge in [0.25, 0.3) is 5.91 Å². The molecule has 0 saturated carbocycles. The molecule has 1 amide bonds. The zero-order valence-electron chi connectivity index (χ0n) is 11.5. The van der Waals surface area contributed by atoms with Crippen LogP contribution in [-0.2, 0) is 4.79 Å². The molecule has 0 aliphatic rings. The van der Waals surface area contributed by atoms with Crippen LogP contribution in [0.15, 0.2) is 12.1 Å². The van der Waals surface area contributed by atoms with E-state index in [0.29, 0.717) is 16.8 Å². The molecule has 3 N–H and O–H groups in total. The lowest BCUT2D eigenvalue weighted by Crippen LogP contribution is -2.38. The van der Waals surface area contributed by atoms with Gasteiger partial charge in [-0.2, -0.15) is 13.2 Å². The molecule has 0 bridgehead atoms. The normalized spacial score (nSPS) is 12.9. The molecule has 0 saturated heterocycles. The average Bonchev–Trinajstić information content (AvgIpc) is 2.38. The maximum Gasteiger partial charge on any atom is 0.389 e. The fourth-order valence-corrected chi connectivity index (χ4v) is 1.89. The lowest BCUT2D eigenvalue weighted by atomic mass is 10.1. The van der Waals surface area contributed by atoms with Crippen LogP contribution in [0.4, 0.5) is 23.2 Å². The van der Waals surface area contributed by atoms with E-state index in [2.05, 4.69) is 5.32 Å². The van der Waals surface area contributed by atoms with E-state index in [1.54, 1.807) is 0 Å². The number of hydrogen-bond donors (Lipinski definition) is 3. The second kappa shape index (κ2) is 6.75. The monoisotopic (exact) mass is 308 g/mol. The lowest BCUT2D eigenvalue weighted by Gasteiger charge is -2.19. The van der Waals surface area contributed by atoms with E-state index in [1.807, 2.05) is 0 Å². The molecule has 0 heterocycles. The van der Waals surface area contributed by atoms with Gasteiger partial charge in [0.1, 0.15) is 11.9 Å². The first-order chi connectivity index (χ1) is 9.64. The van der Waals surface area contributed by atoms with Crippen LogP contribution in [-0.4, -0.2) is 23.3 Å². The van der Waals surface area contributed by atoms with Gasteiger partial charge in [-0.05, 0) is 43.5 Å². The Labute approximate surface area is 119 Å². The lowest BCUT2D eigenvalue weighted by molar-refractivity contribution is -0.140.